The normalized spacial score (nSPS) is 18.5. The van der Waals surface area contributed by atoms with Crippen LogP contribution in [0.25, 0.3) is 0 Å². The van der Waals surface area contributed by atoms with Gasteiger partial charge in [0.05, 0.1) is 13.7 Å². The van der Waals surface area contributed by atoms with Crippen LogP contribution in [-0.4, -0.2) is 31.7 Å². The summed E-state index contributed by atoms with van der Waals surface area (Å²) in [6.45, 7) is 3.09. The summed E-state index contributed by atoms with van der Waals surface area (Å²) < 4.78 is 11.0. The predicted molar refractivity (Wildman–Crippen MR) is 91.0 cm³/mol. The van der Waals surface area contributed by atoms with Crippen LogP contribution >= 0.6 is 11.3 Å². The Labute approximate surface area is 136 Å². The van der Waals surface area contributed by atoms with Crippen LogP contribution in [0.3, 0.4) is 0 Å². The molecule has 0 radical (unpaired) electrons. The molecule has 1 atom stereocenters. The third-order valence-electron chi connectivity index (χ3n) is 4.15. The summed E-state index contributed by atoms with van der Waals surface area (Å²) in [5.41, 5.74) is 0. The SMILES string of the molecule is COc1ccc(OCCCN2CCCC2c2cccs2)cc1. The highest BCUT2D eigenvalue weighted by atomic mass is 32.1. The van der Waals surface area contributed by atoms with E-state index in [1.165, 1.54) is 24.3 Å². The molecular weight excluding hydrogens is 294 g/mol. The predicted octanol–water partition coefficient (Wildman–Crippen LogP) is 4.36. The molecule has 22 heavy (non-hydrogen) atoms. The van der Waals surface area contributed by atoms with E-state index in [-0.39, 0.29) is 0 Å². The first kappa shape index (κ1) is 15.4. The maximum Gasteiger partial charge on any atom is 0.119 e. The van der Waals surface area contributed by atoms with Crippen molar-refractivity contribution in [1.29, 1.82) is 0 Å². The highest BCUT2D eigenvalue weighted by Crippen LogP contribution is 2.34. The Balaban J connectivity index is 1.42. The minimum Gasteiger partial charge on any atom is -0.497 e. The summed E-state index contributed by atoms with van der Waals surface area (Å²) >= 11 is 1.88. The molecule has 2 heterocycles. The minimum absolute atomic E-state index is 0.626. The summed E-state index contributed by atoms with van der Waals surface area (Å²) in [5, 5.41) is 2.18. The fourth-order valence-electron chi connectivity index (χ4n) is 3.03. The van der Waals surface area contributed by atoms with Crippen molar-refractivity contribution in [2.45, 2.75) is 25.3 Å². The van der Waals surface area contributed by atoms with Crippen molar-refractivity contribution in [1.82, 2.24) is 4.90 Å². The average Bonchev–Trinajstić information content (AvgIpc) is 3.23. The second kappa shape index (κ2) is 7.65. The third kappa shape index (κ3) is 3.81. The number of hydrogen-bond acceptors (Lipinski definition) is 4. The highest BCUT2D eigenvalue weighted by Gasteiger charge is 2.25. The molecule has 1 saturated heterocycles. The van der Waals surface area contributed by atoms with Gasteiger partial charge in [-0.2, -0.15) is 0 Å². The third-order valence-corrected chi connectivity index (χ3v) is 5.13. The van der Waals surface area contributed by atoms with E-state index in [1.807, 2.05) is 35.6 Å². The second-order valence-electron chi connectivity index (χ2n) is 5.59. The molecule has 0 bridgehead atoms. The lowest BCUT2D eigenvalue weighted by atomic mass is 10.2. The molecule has 3 nitrogen and oxygen atoms in total. The monoisotopic (exact) mass is 317 g/mol. The zero-order valence-electron chi connectivity index (χ0n) is 13.0. The Morgan fingerprint density at radius 3 is 2.73 bits per heavy atom. The fraction of sp³-hybridized carbons (Fsp3) is 0.444. The van der Waals surface area contributed by atoms with Gasteiger partial charge in [0.15, 0.2) is 0 Å². The van der Waals surface area contributed by atoms with Crippen LogP contribution < -0.4 is 9.47 Å². The van der Waals surface area contributed by atoms with Crippen LogP contribution in [0.2, 0.25) is 0 Å². The van der Waals surface area contributed by atoms with Gasteiger partial charge in [-0.05, 0) is 61.5 Å². The first-order chi connectivity index (χ1) is 10.9. The first-order valence-corrected chi connectivity index (χ1v) is 8.79. The van der Waals surface area contributed by atoms with Crippen LogP contribution in [-0.2, 0) is 0 Å². The van der Waals surface area contributed by atoms with E-state index < -0.39 is 0 Å². The van der Waals surface area contributed by atoms with Crippen LogP contribution in [0.4, 0.5) is 0 Å². The summed E-state index contributed by atoms with van der Waals surface area (Å²) in [6.07, 6.45) is 3.66. The number of nitrogens with zero attached hydrogens (tertiary/aromatic N) is 1. The fourth-order valence-corrected chi connectivity index (χ4v) is 3.92. The second-order valence-corrected chi connectivity index (χ2v) is 6.57. The Morgan fingerprint density at radius 1 is 1.18 bits per heavy atom. The number of rotatable bonds is 7. The molecule has 2 aromatic rings. The molecule has 1 fully saturated rings. The van der Waals surface area contributed by atoms with E-state index in [0.29, 0.717) is 6.04 Å². The van der Waals surface area contributed by atoms with Gasteiger partial charge in [0, 0.05) is 17.5 Å². The van der Waals surface area contributed by atoms with Gasteiger partial charge in [0.1, 0.15) is 11.5 Å². The molecule has 1 unspecified atom stereocenters. The smallest absolute Gasteiger partial charge is 0.119 e. The molecule has 1 aromatic carbocycles. The molecular formula is C18H23NO2S. The van der Waals surface area contributed by atoms with Gasteiger partial charge in [-0.3, -0.25) is 4.90 Å². The van der Waals surface area contributed by atoms with Crippen LogP contribution in [0, 0.1) is 0 Å². The number of benzene rings is 1. The largest absolute Gasteiger partial charge is 0.497 e. The Bertz CT molecular complexity index is 553. The summed E-state index contributed by atoms with van der Waals surface area (Å²) in [7, 11) is 1.68. The average molecular weight is 317 g/mol. The lowest BCUT2D eigenvalue weighted by molar-refractivity contribution is 0.224. The van der Waals surface area contributed by atoms with Crippen LogP contribution in [0.15, 0.2) is 41.8 Å². The zero-order valence-corrected chi connectivity index (χ0v) is 13.8. The molecule has 1 aliphatic rings. The Hall–Kier alpha value is -1.52. The van der Waals surface area contributed by atoms with E-state index >= 15 is 0 Å². The van der Waals surface area contributed by atoms with Gasteiger partial charge < -0.3 is 9.47 Å². The van der Waals surface area contributed by atoms with E-state index in [1.54, 1.807) is 7.11 Å². The van der Waals surface area contributed by atoms with Crippen molar-refractivity contribution in [3.8, 4) is 11.5 Å². The van der Waals surface area contributed by atoms with Crippen molar-refractivity contribution >= 4 is 11.3 Å². The summed E-state index contributed by atoms with van der Waals surface area (Å²) in [4.78, 5) is 4.11. The standard InChI is InChI=1S/C18H23NO2S/c1-20-15-7-9-16(10-8-15)21-13-4-12-19-11-2-5-17(19)18-6-3-14-22-18/h3,6-10,14,17H,2,4-5,11-13H2,1H3. The van der Waals surface area contributed by atoms with Gasteiger partial charge in [0.2, 0.25) is 0 Å². The van der Waals surface area contributed by atoms with E-state index in [2.05, 4.69) is 22.4 Å². The molecule has 0 aliphatic carbocycles. The summed E-state index contributed by atoms with van der Waals surface area (Å²) in [6, 6.07) is 12.8. The molecule has 0 N–H and O–H groups in total. The molecule has 0 saturated carbocycles. The van der Waals surface area contributed by atoms with Gasteiger partial charge >= 0.3 is 0 Å². The molecule has 3 rings (SSSR count). The van der Waals surface area contributed by atoms with Gasteiger partial charge in [0.25, 0.3) is 0 Å². The van der Waals surface area contributed by atoms with Crippen molar-refractivity contribution < 1.29 is 9.47 Å². The molecule has 0 spiro atoms. The van der Waals surface area contributed by atoms with E-state index in [9.17, 15) is 0 Å². The van der Waals surface area contributed by atoms with Gasteiger partial charge in [-0.1, -0.05) is 6.07 Å². The number of thiophene rings is 1. The van der Waals surface area contributed by atoms with Crippen LogP contribution in [0.5, 0.6) is 11.5 Å². The lowest BCUT2D eigenvalue weighted by Crippen LogP contribution is -2.25. The highest BCUT2D eigenvalue weighted by molar-refractivity contribution is 7.10. The van der Waals surface area contributed by atoms with Crippen molar-refractivity contribution in [2.75, 3.05) is 26.8 Å². The maximum atomic E-state index is 5.81. The molecule has 0 amide bonds. The van der Waals surface area contributed by atoms with Crippen molar-refractivity contribution in [2.24, 2.45) is 0 Å². The molecule has 1 aliphatic heterocycles. The summed E-state index contributed by atoms with van der Waals surface area (Å²) in [5.74, 6) is 1.78. The zero-order chi connectivity index (χ0) is 15.2. The number of likely N-dealkylation sites (tertiary alicyclic amines) is 1. The lowest BCUT2D eigenvalue weighted by Gasteiger charge is -2.23. The first-order valence-electron chi connectivity index (χ1n) is 7.91. The number of ether oxygens (including phenoxy) is 2. The van der Waals surface area contributed by atoms with Crippen molar-refractivity contribution in [3.63, 3.8) is 0 Å². The Kier molecular flexibility index (Phi) is 5.35. The van der Waals surface area contributed by atoms with Gasteiger partial charge in [-0.15, -0.1) is 11.3 Å². The number of hydrogen-bond donors (Lipinski definition) is 0. The minimum atomic E-state index is 0.626. The van der Waals surface area contributed by atoms with Crippen molar-refractivity contribution in [3.05, 3.63) is 46.7 Å². The topological polar surface area (TPSA) is 21.7 Å². The Morgan fingerprint density at radius 2 is 2.00 bits per heavy atom. The van der Waals surface area contributed by atoms with E-state index in [0.717, 1.165) is 31.1 Å². The van der Waals surface area contributed by atoms with Gasteiger partial charge in [-0.25, -0.2) is 0 Å². The maximum absolute atomic E-state index is 5.81. The number of methoxy groups -OCH3 is 1. The molecule has 1 aromatic heterocycles. The molecule has 4 heteroatoms. The molecule has 118 valence electrons. The van der Waals surface area contributed by atoms with Crippen LogP contribution in [0.1, 0.15) is 30.2 Å². The quantitative estimate of drug-likeness (QED) is 0.708. The van der Waals surface area contributed by atoms with E-state index in [4.69, 9.17) is 9.47 Å².